The summed E-state index contributed by atoms with van der Waals surface area (Å²) < 4.78 is 0. The van der Waals surface area contributed by atoms with Crippen LogP contribution in [0.15, 0.2) is 0 Å². The Morgan fingerprint density at radius 2 is 1.33 bits per heavy atom. The van der Waals surface area contributed by atoms with Gasteiger partial charge in [-0.1, -0.05) is 0 Å². The Morgan fingerprint density at radius 3 is 1.83 bits per heavy atom. The van der Waals surface area contributed by atoms with Crippen LogP contribution in [-0.2, 0) is 0 Å². The Balaban J connectivity index is 3.60. The Morgan fingerprint density at radius 1 is 0.833 bits per heavy atom. The summed E-state index contributed by atoms with van der Waals surface area (Å²) in [6, 6.07) is 0. The maximum atomic E-state index is 5.61. The summed E-state index contributed by atoms with van der Waals surface area (Å²) in [5.41, 5.74) is 24.7. The van der Waals surface area contributed by atoms with E-state index in [9.17, 15) is 0 Å². The summed E-state index contributed by atoms with van der Waals surface area (Å²) in [7, 11) is 5.57. The molecule has 0 saturated carbocycles. The molecule has 0 unspecified atom stereocenters. The summed E-state index contributed by atoms with van der Waals surface area (Å²) in [5, 5.41) is 0. The molecule has 0 aliphatic heterocycles. The summed E-state index contributed by atoms with van der Waals surface area (Å²) >= 11 is 0. The average molecular weight is 162 g/mol. The van der Waals surface area contributed by atoms with Gasteiger partial charge in [-0.2, -0.15) is 0 Å². The van der Waals surface area contributed by atoms with E-state index in [1.165, 1.54) is 0 Å². The fourth-order valence-corrected chi connectivity index (χ4v) is 0.984. The van der Waals surface area contributed by atoms with Crippen LogP contribution in [0.4, 0.5) is 22.7 Å². The zero-order valence-electron chi connectivity index (χ0n) is 6.89. The van der Waals surface area contributed by atoms with Crippen molar-refractivity contribution in [2.24, 2.45) is 0 Å². The van der Waals surface area contributed by atoms with Gasteiger partial charge in [0.2, 0.25) is 0 Å². The van der Waals surface area contributed by atoms with Crippen LogP contribution in [0.2, 0.25) is 0 Å². The standard InChI is InChI=1S/C7H11BN4/c1-2-4(9)3(8)6(11)7(12)5(2)10/h9-12H2,1H3. The van der Waals surface area contributed by atoms with Gasteiger partial charge in [0.05, 0.1) is 17.1 Å². The van der Waals surface area contributed by atoms with Gasteiger partial charge >= 0.3 is 0 Å². The predicted molar refractivity (Wildman–Crippen MR) is 54.2 cm³/mol. The van der Waals surface area contributed by atoms with E-state index in [1.807, 2.05) is 0 Å². The first-order valence-electron chi connectivity index (χ1n) is 3.44. The largest absolute Gasteiger partial charge is 0.399 e. The van der Waals surface area contributed by atoms with Crippen molar-refractivity contribution in [3.8, 4) is 0 Å². The molecule has 0 aliphatic carbocycles. The Labute approximate surface area is 72.3 Å². The van der Waals surface area contributed by atoms with Gasteiger partial charge in [0, 0.05) is 5.69 Å². The summed E-state index contributed by atoms with van der Waals surface area (Å²) in [6.07, 6.45) is 0. The van der Waals surface area contributed by atoms with Crippen molar-refractivity contribution in [3.05, 3.63) is 5.56 Å². The minimum Gasteiger partial charge on any atom is -0.399 e. The van der Waals surface area contributed by atoms with Crippen molar-refractivity contribution in [2.45, 2.75) is 6.92 Å². The van der Waals surface area contributed by atoms with Gasteiger partial charge in [-0.25, -0.2) is 0 Å². The van der Waals surface area contributed by atoms with Gasteiger partial charge in [-0.3, -0.25) is 0 Å². The molecule has 12 heavy (non-hydrogen) atoms. The van der Waals surface area contributed by atoms with Crippen molar-refractivity contribution in [1.82, 2.24) is 0 Å². The van der Waals surface area contributed by atoms with E-state index in [0.29, 0.717) is 28.1 Å². The van der Waals surface area contributed by atoms with Crippen LogP contribution in [-0.4, -0.2) is 7.85 Å². The van der Waals surface area contributed by atoms with E-state index in [4.69, 9.17) is 30.8 Å². The van der Waals surface area contributed by atoms with Gasteiger partial charge in [-0.05, 0) is 17.9 Å². The summed E-state index contributed by atoms with van der Waals surface area (Å²) in [5.74, 6) is 0. The van der Waals surface area contributed by atoms with Gasteiger partial charge < -0.3 is 22.9 Å². The first kappa shape index (κ1) is 8.58. The van der Waals surface area contributed by atoms with Crippen molar-refractivity contribution in [3.63, 3.8) is 0 Å². The molecule has 0 saturated heterocycles. The lowest BCUT2D eigenvalue weighted by molar-refractivity contribution is 1.49. The molecule has 0 bridgehead atoms. The second-order valence-electron chi connectivity index (χ2n) is 2.69. The number of hydrogen-bond donors (Lipinski definition) is 4. The van der Waals surface area contributed by atoms with E-state index in [2.05, 4.69) is 0 Å². The molecule has 0 atom stereocenters. The molecular weight excluding hydrogens is 151 g/mol. The molecule has 4 nitrogen and oxygen atoms in total. The molecule has 0 amide bonds. The third-order valence-electron chi connectivity index (χ3n) is 1.97. The summed E-state index contributed by atoms with van der Waals surface area (Å²) in [4.78, 5) is 0. The highest BCUT2D eigenvalue weighted by Crippen LogP contribution is 2.28. The smallest absolute Gasteiger partial charge is 0.119 e. The second kappa shape index (κ2) is 2.51. The third-order valence-corrected chi connectivity index (χ3v) is 1.97. The number of rotatable bonds is 0. The Kier molecular flexibility index (Phi) is 1.80. The molecule has 0 aromatic heterocycles. The predicted octanol–water partition coefficient (Wildman–Crippen LogP) is -0.882. The van der Waals surface area contributed by atoms with Gasteiger partial charge in [0.15, 0.2) is 0 Å². The molecule has 8 N–H and O–H groups in total. The number of nitrogen functional groups attached to an aromatic ring is 4. The second-order valence-corrected chi connectivity index (χ2v) is 2.69. The van der Waals surface area contributed by atoms with E-state index in [0.717, 1.165) is 0 Å². The maximum Gasteiger partial charge on any atom is 0.119 e. The number of nitrogens with two attached hydrogens (primary N) is 4. The maximum absolute atomic E-state index is 5.61. The normalized spacial score (nSPS) is 10.1. The van der Waals surface area contributed by atoms with Crippen LogP contribution in [0.1, 0.15) is 5.56 Å². The number of hydrogen-bond acceptors (Lipinski definition) is 4. The molecule has 0 spiro atoms. The lowest BCUT2D eigenvalue weighted by Gasteiger charge is -2.14. The van der Waals surface area contributed by atoms with Gasteiger partial charge in [-0.15, -0.1) is 0 Å². The first-order valence-corrected chi connectivity index (χ1v) is 3.44. The SMILES string of the molecule is [B]c1c(N)c(C)c(N)c(N)c1N. The molecule has 62 valence electrons. The highest BCUT2D eigenvalue weighted by molar-refractivity contribution is 6.40. The molecule has 1 aromatic rings. The van der Waals surface area contributed by atoms with Crippen LogP contribution in [0.25, 0.3) is 0 Å². The fraction of sp³-hybridized carbons (Fsp3) is 0.143. The average Bonchev–Trinajstić information content (AvgIpc) is 2.08. The number of anilines is 4. The van der Waals surface area contributed by atoms with E-state index in [1.54, 1.807) is 6.92 Å². The fourth-order valence-electron chi connectivity index (χ4n) is 0.984. The highest BCUT2D eigenvalue weighted by atomic mass is 14.8. The van der Waals surface area contributed by atoms with Crippen molar-refractivity contribution >= 4 is 36.1 Å². The minimum atomic E-state index is 0.260. The molecule has 0 aliphatic rings. The third kappa shape index (κ3) is 0.940. The zero-order valence-corrected chi connectivity index (χ0v) is 6.89. The van der Waals surface area contributed by atoms with E-state index >= 15 is 0 Å². The van der Waals surface area contributed by atoms with Crippen LogP contribution in [0.3, 0.4) is 0 Å². The first-order chi connectivity index (χ1) is 5.46. The topological polar surface area (TPSA) is 104 Å². The lowest BCUT2D eigenvalue weighted by Crippen LogP contribution is -2.20. The molecule has 5 heteroatoms. The van der Waals surface area contributed by atoms with Crippen LogP contribution in [0, 0.1) is 6.92 Å². The molecule has 1 aromatic carbocycles. The van der Waals surface area contributed by atoms with Crippen molar-refractivity contribution in [2.75, 3.05) is 22.9 Å². The highest BCUT2D eigenvalue weighted by Gasteiger charge is 2.10. The molecular formula is C7H11BN4. The van der Waals surface area contributed by atoms with Crippen LogP contribution >= 0.6 is 0 Å². The van der Waals surface area contributed by atoms with Crippen LogP contribution < -0.4 is 28.4 Å². The lowest BCUT2D eigenvalue weighted by atomic mass is 9.88. The summed E-state index contributed by atoms with van der Waals surface area (Å²) in [6.45, 7) is 1.75. The Bertz CT molecular complexity index is 230. The molecule has 1 rings (SSSR count). The molecule has 0 heterocycles. The molecule has 2 radical (unpaired) electrons. The van der Waals surface area contributed by atoms with Crippen LogP contribution in [0.5, 0.6) is 0 Å². The van der Waals surface area contributed by atoms with Gasteiger partial charge in [0.25, 0.3) is 0 Å². The van der Waals surface area contributed by atoms with E-state index < -0.39 is 0 Å². The van der Waals surface area contributed by atoms with Crippen molar-refractivity contribution < 1.29 is 0 Å². The monoisotopic (exact) mass is 162 g/mol. The van der Waals surface area contributed by atoms with Gasteiger partial charge in [0.1, 0.15) is 7.85 Å². The number of benzene rings is 1. The van der Waals surface area contributed by atoms with E-state index in [-0.39, 0.29) is 5.69 Å². The Hall–Kier alpha value is -1.52. The van der Waals surface area contributed by atoms with Crippen molar-refractivity contribution in [1.29, 1.82) is 0 Å². The zero-order chi connectivity index (χ0) is 9.46. The minimum absolute atomic E-state index is 0.260. The molecule has 0 fully saturated rings. The quantitative estimate of drug-likeness (QED) is 0.293.